The number of amides is 3. The molecule has 0 unspecified atom stereocenters. The standard InChI is InChI=1S/C37H44N4O6/c1-3-5-21-40(22-6-4-2)26-32(42)38-31-20-14-13-19-29(31)34(28-17-11-8-12-18-28)39-35(36(44)45)30(27-15-9-7-10-16-27)25-33(43)41-23-24-47-37(41)46/h7-20,30,35H,3-6,21-26H2,1-2H3,(H,38,42)(H,44,45)/t30-,35+/m1/s1. The molecule has 2 atom stereocenters. The lowest BCUT2D eigenvalue weighted by atomic mass is 9.87. The molecule has 0 aliphatic carbocycles. The molecule has 0 radical (unpaired) electrons. The number of para-hydroxylation sites is 1. The van der Waals surface area contributed by atoms with Crippen molar-refractivity contribution in [2.24, 2.45) is 4.99 Å². The summed E-state index contributed by atoms with van der Waals surface area (Å²) in [4.78, 5) is 60.0. The molecular weight excluding hydrogens is 596 g/mol. The zero-order chi connectivity index (χ0) is 33.6. The van der Waals surface area contributed by atoms with Gasteiger partial charge in [0.15, 0.2) is 6.04 Å². The number of aliphatic carboxylic acids is 1. The number of imide groups is 1. The lowest BCUT2D eigenvalue weighted by Crippen LogP contribution is -2.36. The van der Waals surface area contributed by atoms with Gasteiger partial charge in [0, 0.05) is 23.5 Å². The summed E-state index contributed by atoms with van der Waals surface area (Å²) < 4.78 is 4.95. The van der Waals surface area contributed by atoms with E-state index in [4.69, 9.17) is 9.73 Å². The number of aliphatic imine (C=N–C) groups is 1. The minimum atomic E-state index is -1.41. The molecule has 0 saturated carbocycles. The molecule has 3 aromatic carbocycles. The maximum absolute atomic E-state index is 13.4. The maximum Gasteiger partial charge on any atom is 0.416 e. The molecule has 1 aliphatic rings. The number of ether oxygens (including phenoxy) is 1. The highest BCUT2D eigenvalue weighted by Gasteiger charge is 2.36. The molecule has 0 aromatic heterocycles. The Balaban J connectivity index is 1.74. The summed E-state index contributed by atoms with van der Waals surface area (Å²) in [5.74, 6) is -2.83. The van der Waals surface area contributed by atoms with E-state index >= 15 is 0 Å². The predicted molar refractivity (Wildman–Crippen MR) is 182 cm³/mol. The summed E-state index contributed by atoms with van der Waals surface area (Å²) in [5, 5.41) is 13.7. The number of nitrogens with one attached hydrogen (secondary N) is 1. The van der Waals surface area contributed by atoms with Gasteiger partial charge in [-0.05, 0) is 37.6 Å². The van der Waals surface area contributed by atoms with Crippen LogP contribution < -0.4 is 5.32 Å². The fraction of sp³-hybridized carbons (Fsp3) is 0.378. The number of carbonyl (C=O) groups is 4. The molecule has 248 valence electrons. The van der Waals surface area contributed by atoms with E-state index < -0.39 is 29.9 Å². The fourth-order valence-corrected chi connectivity index (χ4v) is 5.61. The molecule has 47 heavy (non-hydrogen) atoms. The largest absolute Gasteiger partial charge is 0.480 e. The summed E-state index contributed by atoms with van der Waals surface area (Å²) in [5.41, 5.74) is 2.65. The number of cyclic esters (lactones) is 1. The second-order valence-electron chi connectivity index (χ2n) is 11.6. The number of rotatable bonds is 17. The first kappa shape index (κ1) is 35.0. The molecule has 1 saturated heterocycles. The first-order valence-electron chi connectivity index (χ1n) is 16.3. The smallest absolute Gasteiger partial charge is 0.416 e. The molecule has 10 nitrogen and oxygen atoms in total. The van der Waals surface area contributed by atoms with Gasteiger partial charge in [-0.3, -0.25) is 19.5 Å². The van der Waals surface area contributed by atoms with E-state index in [-0.39, 0.29) is 32.0 Å². The van der Waals surface area contributed by atoms with Gasteiger partial charge in [-0.2, -0.15) is 0 Å². The molecule has 1 aliphatic heterocycles. The number of hydrogen-bond acceptors (Lipinski definition) is 7. The van der Waals surface area contributed by atoms with Crippen LogP contribution in [-0.4, -0.2) is 83.3 Å². The Bertz CT molecular complexity index is 1520. The van der Waals surface area contributed by atoms with Gasteiger partial charge in [0.2, 0.25) is 11.8 Å². The molecule has 1 fully saturated rings. The van der Waals surface area contributed by atoms with E-state index in [0.717, 1.165) is 43.7 Å². The predicted octanol–water partition coefficient (Wildman–Crippen LogP) is 5.97. The monoisotopic (exact) mass is 640 g/mol. The number of carboxylic acids is 1. The van der Waals surface area contributed by atoms with Crippen LogP contribution in [0.15, 0.2) is 89.9 Å². The van der Waals surface area contributed by atoms with E-state index in [1.807, 2.05) is 42.5 Å². The Hall–Kier alpha value is -4.83. The number of unbranched alkanes of at least 4 members (excludes halogenated alkanes) is 2. The lowest BCUT2D eigenvalue weighted by Gasteiger charge is -2.25. The Morgan fingerprint density at radius 2 is 1.53 bits per heavy atom. The highest BCUT2D eigenvalue weighted by Crippen LogP contribution is 2.30. The van der Waals surface area contributed by atoms with E-state index in [0.29, 0.717) is 28.1 Å². The number of carbonyl (C=O) groups excluding carboxylic acids is 3. The van der Waals surface area contributed by atoms with Crippen molar-refractivity contribution in [3.63, 3.8) is 0 Å². The van der Waals surface area contributed by atoms with Crippen molar-refractivity contribution in [2.75, 3.05) is 38.1 Å². The minimum absolute atomic E-state index is 0.0940. The molecule has 3 aromatic rings. The fourth-order valence-electron chi connectivity index (χ4n) is 5.61. The van der Waals surface area contributed by atoms with Gasteiger partial charge in [-0.25, -0.2) is 14.5 Å². The third-order valence-corrected chi connectivity index (χ3v) is 8.11. The van der Waals surface area contributed by atoms with Gasteiger partial charge in [-0.1, -0.05) is 106 Å². The van der Waals surface area contributed by atoms with Crippen LogP contribution in [0.25, 0.3) is 0 Å². The van der Waals surface area contributed by atoms with Crippen LogP contribution in [0.3, 0.4) is 0 Å². The van der Waals surface area contributed by atoms with Crippen LogP contribution in [0, 0.1) is 0 Å². The van der Waals surface area contributed by atoms with Gasteiger partial charge < -0.3 is 15.2 Å². The van der Waals surface area contributed by atoms with Crippen molar-refractivity contribution in [2.45, 2.75) is 57.9 Å². The Morgan fingerprint density at radius 1 is 0.915 bits per heavy atom. The highest BCUT2D eigenvalue weighted by atomic mass is 16.6. The molecule has 3 amide bonds. The van der Waals surface area contributed by atoms with Crippen molar-refractivity contribution in [1.82, 2.24) is 9.80 Å². The maximum atomic E-state index is 13.4. The van der Waals surface area contributed by atoms with Crippen LogP contribution in [0.1, 0.15) is 68.6 Å². The van der Waals surface area contributed by atoms with Gasteiger partial charge in [0.25, 0.3) is 0 Å². The van der Waals surface area contributed by atoms with Crippen LogP contribution in [0.4, 0.5) is 10.5 Å². The van der Waals surface area contributed by atoms with Gasteiger partial charge >= 0.3 is 12.1 Å². The molecule has 1 heterocycles. The Labute approximate surface area is 276 Å². The third-order valence-electron chi connectivity index (χ3n) is 8.11. The Morgan fingerprint density at radius 3 is 2.13 bits per heavy atom. The van der Waals surface area contributed by atoms with Crippen molar-refractivity contribution < 1.29 is 29.0 Å². The zero-order valence-electron chi connectivity index (χ0n) is 27.1. The van der Waals surface area contributed by atoms with Crippen LogP contribution in [0.5, 0.6) is 0 Å². The van der Waals surface area contributed by atoms with Crippen LogP contribution >= 0.6 is 0 Å². The number of benzene rings is 3. The van der Waals surface area contributed by atoms with Crippen molar-refractivity contribution >= 4 is 35.3 Å². The molecule has 0 spiro atoms. The zero-order valence-corrected chi connectivity index (χ0v) is 27.1. The molecule has 4 rings (SSSR count). The van der Waals surface area contributed by atoms with Crippen molar-refractivity contribution in [3.8, 4) is 0 Å². The SMILES string of the molecule is CCCCN(CCCC)CC(=O)Nc1ccccc1C(=N[C@H](C(=O)O)[C@H](CC(=O)N1CCOC1=O)c1ccccc1)c1ccccc1. The van der Waals surface area contributed by atoms with E-state index in [1.54, 1.807) is 42.5 Å². The third kappa shape index (κ3) is 9.83. The second kappa shape index (κ2) is 17.8. The average Bonchev–Trinajstić information content (AvgIpc) is 3.52. The van der Waals surface area contributed by atoms with Crippen molar-refractivity contribution in [3.05, 3.63) is 102 Å². The summed E-state index contributed by atoms with van der Waals surface area (Å²) in [7, 11) is 0. The molecule has 0 bridgehead atoms. The quantitative estimate of drug-likeness (QED) is 0.174. The normalized spacial score (nSPS) is 14.5. The lowest BCUT2D eigenvalue weighted by molar-refractivity contribution is -0.139. The van der Waals surface area contributed by atoms with E-state index in [1.165, 1.54) is 0 Å². The highest BCUT2D eigenvalue weighted by molar-refractivity contribution is 6.17. The second-order valence-corrected chi connectivity index (χ2v) is 11.6. The van der Waals surface area contributed by atoms with Crippen LogP contribution in [0.2, 0.25) is 0 Å². The first-order chi connectivity index (χ1) is 22.8. The van der Waals surface area contributed by atoms with E-state index in [2.05, 4.69) is 24.1 Å². The average molecular weight is 641 g/mol. The van der Waals surface area contributed by atoms with Gasteiger partial charge in [-0.15, -0.1) is 0 Å². The summed E-state index contributed by atoms with van der Waals surface area (Å²) in [6, 6.07) is 23.8. The number of hydrogen-bond donors (Lipinski definition) is 2. The number of nitrogens with zero attached hydrogens (tertiary/aromatic N) is 3. The number of carboxylic acid groups (broad SMARTS) is 1. The Kier molecular flexibility index (Phi) is 13.2. The first-order valence-corrected chi connectivity index (χ1v) is 16.3. The minimum Gasteiger partial charge on any atom is -0.480 e. The summed E-state index contributed by atoms with van der Waals surface area (Å²) in [6.07, 6.45) is 3.05. The summed E-state index contributed by atoms with van der Waals surface area (Å²) >= 11 is 0. The van der Waals surface area contributed by atoms with Crippen LogP contribution in [-0.2, 0) is 19.1 Å². The molecule has 2 N–H and O–H groups in total. The molecule has 10 heteroatoms. The summed E-state index contributed by atoms with van der Waals surface area (Å²) in [6.45, 7) is 6.35. The topological polar surface area (TPSA) is 129 Å². The van der Waals surface area contributed by atoms with Gasteiger partial charge in [0.05, 0.1) is 24.5 Å². The van der Waals surface area contributed by atoms with Crippen molar-refractivity contribution in [1.29, 1.82) is 0 Å². The van der Waals surface area contributed by atoms with Gasteiger partial charge in [0.1, 0.15) is 6.61 Å². The molecular formula is C37H44N4O6. The number of anilines is 1. The van der Waals surface area contributed by atoms with E-state index in [9.17, 15) is 24.3 Å².